The van der Waals surface area contributed by atoms with Crippen LogP contribution >= 0.6 is 0 Å². The molecule has 1 unspecified atom stereocenters. The maximum atomic E-state index is 10.8. The van der Waals surface area contributed by atoms with Gasteiger partial charge >= 0.3 is 6.09 Å². The van der Waals surface area contributed by atoms with Crippen LogP contribution in [-0.4, -0.2) is 26.6 Å². The minimum Gasteiger partial charge on any atom is -0.442 e. The Morgan fingerprint density at radius 1 is 1.21 bits per heavy atom. The first kappa shape index (κ1) is 20.5. The van der Waals surface area contributed by atoms with Gasteiger partial charge in [0.2, 0.25) is 0 Å². The summed E-state index contributed by atoms with van der Waals surface area (Å²) in [5, 5.41) is 0.130. The molecule has 4 nitrogen and oxygen atoms in total. The molecule has 0 spiro atoms. The summed E-state index contributed by atoms with van der Waals surface area (Å²) in [7, 11) is -1.91. The fourth-order valence-corrected chi connectivity index (χ4v) is 3.33. The number of carbonyl (C=O) groups is 1. The summed E-state index contributed by atoms with van der Waals surface area (Å²) in [5.41, 5.74) is 6.28. The molecule has 1 aromatic carbocycles. The predicted octanol–water partition coefficient (Wildman–Crippen LogP) is 4.66. The summed E-state index contributed by atoms with van der Waals surface area (Å²) in [4.78, 5) is 10.8. The Labute approximate surface area is 147 Å². The number of amides is 1. The van der Waals surface area contributed by atoms with Gasteiger partial charge in [0.25, 0.3) is 0 Å². The molecule has 0 heterocycles. The van der Waals surface area contributed by atoms with Gasteiger partial charge in [-0.15, -0.1) is 0 Å². The van der Waals surface area contributed by atoms with E-state index >= 15 is 0 Å². The molecule has 134 valence electrons. The summed E-state index contributed by atoms with van der Waals surface area (Å²) in [6, 6.07) is 10.3. The highest BCUT2D eigenvalue weighted by Gasteiger charge is 2.38. The lowest BCUT2D eigenvalue weighted by Gasteiger charge is -2.38. The molecule has 0 saturated heterocycles. The van der Waals surface area contributed by atoms with Crippen molar-refractivity contribution in [1.82, 2.24) is 0 Å². The number of hydrogen-bond donors (Lipinski definition) is 1. The van der Waals surface area contributed by atoms with Crippen LogP contribution in [0.4, 0.5) is 4.79 Å². The van der Waals surface area contributed by atoms with Crippen LogP contribution in [0.25, 0.3) is 0 Å². The first-order chi connectivity index (χ1) is 11.0. The Hall–Kier alpha value is -1.59. The molecule has 0 bridgehead atoms. The summed E-state index contributed by atoms with van der Waals surface area (Å²) in [6.07, 6.45) is 3.41. The summed E-state index contributed by atoms with van der Waals surface area (Å²) >= 11 is 0. The van der Waals surface area contributed by atoms with E-state index in [4.69, 9.17) is 14.9 Å². The van der Waals surface area contributed by atoms with Crippen LogP contribution in [0.15, 0.2) is 42.5 Å². The van der Waals surface area contributed by atoms with Crippen LogP contribution in [0.2, 0.25) is 18.1 Å². The molecule has 2 N–H and O–H groups in total. The van der Waals surface area contributed by atoms with E-state index in [2.05, 4.69) is 46.0 Å². The Balaban J connectivity index is 2.91. The zero-order chi connectivity index (χ0) is 18.4. The number of rotatable bonds is 7. The van der Waals surface area contributed by atoms with E-state index in [1.165, 1.54) is 5.56 Å². The van der Waals surface area contributed by atoms with E-state index in [-0.39, 0.29) is 17.2 Å². The number of primary amides is 1. The second-order valence-electron chi connectivity index (χ2n) is 7.63. The molecule has 0 aliphatic carbocycles. The number of hydrogen-bond acceptors (Lipinski definition) is 3. The monoisotopic (exact) mass is 349 g/mol. The molecule has 5 heteroatoms. The third-order valence-corrected chi connectivity index (χ3v) is 8.94. The molecule has 0 fully saturated rings. The SMILES string of the molecule is C[C@H](/C=C/C(Cc1ccccc1)O[Si](C)(C)C(C)(C)C)OC(N)=O. The van der Waals surface area contributed by atoms with Gasteiger partial charge in [-0.05, 0) is 36.7 Å². The normalized spacial score (nSPS) is 15.2. The Morgan fingerprint density at radius 3 is 2.29 bits per heavy atom. The molecule has 0 aromatic heterocycles. The fraction of sp³-hybridized carbons (Fsp3) is 0.526. The van der Waals surface area contributed by atoms with Crippen molar-refractivity contribution in [2.45, 2.75) is 64.5 Å². The standard InChI is InChI=1S/C19H31NO3Si/c1-15(22-18(20)21)12-13-17(14-16-10-8-7-9-11-16)23-24(5,6)19(2,3)4/h7-13,15,17H,14H2,1-6H3,(H2,20,21)/b13-12+/t15-,17?/m1/s1. The van der Waals surface area contributed by atoms with Crippen molar-refractivity contribution in [3.05, 3.63) is 48.0 Å². The Bertz CT molecular complexity index is 549. The van der Waals surface area contributed by atoms with E-state index in [0.29, 0.717) is 0 Å². The number of carbonyl (C=O) groups excluding carboxylic acids is 1. The van der Waals surface area contributed by atoms with Gasteiger partial charge in [0.05, 0.1) is 6.10 Å². The van der Waals surface area contributed by atoms with E-state index in [1.54, 1.807) is 6.92 Å². The number of nitrogens with two attached hydrogens (primary N) is 1. The lowest BCUT2D eigenvalue weighted by Crippen LogP contribution is -2.44. The van der Waals surface area contributed by atoms with Gasteiger partial charge in [-0.1, -0.05) is 57.2 Å². The fourth-order valence-electron chi connectivity index (χ4n) is 2.05. The quantitative estimate of drug-likeness (QED) is 0.575. The van der Waals surface area contributed by atoms with Crippen LogP contribution < -0.4 is 5.73 Å². The van der Waals surface area contributed by atoms with Crippen LogP contribution in [0.1, 0.15) is 33.3 Å². The van der Waals surface area contributed by atoms with Gasteiger partial charge in [0.1, 0.15) is 6.10 Å². The van der Waals surface area contributed by atoms with Gasteiger partial charge in [0, 0.05) is 6.42 Å². The van der Waals surface area contributed by atoms with Crippen molar-refractivity contribution in [1.29, 1.82) is 0 Å². The van der Waals surface area contributed by atoms with Gasteiger partial charge < -0.3 is 14.9 Å². The van der Waals surface area contributed by atoms with Crippen LogP contribution in [0, 0.1) is 0 Å². The van der Waals surface area contributed by atoms with Crippen molar-refractivity contribution in [2.75, 3.05) is 0 Å². The smallest absolute Gasteiger partial charge is 0.405 e. The van der Waals surface area contributed by atoms with Crippen molar-refractivity contribution in [3.63, 3.8) is 0 Å². The molecule has 0 aliphatic rings. The Morgan fingerprint density at radius 2 is 1.79 bits per heavy atom. The average Bonchev–Trinajstić information content (AvgIpc) is 2.43. The van der Waals surface area contributed by atoms with Gasteiger partial charge in [0.15, 0.2) is 8.32 Å². The molecule has 1 rings (SSSR count). The maximum Gasteiger partial charge on any atom is 0.405 e. The molecule has 1 aromatic rings. The topological polar surface area (TPSA) is 61.6 Å². The van der Waals surface area contributed by atoms with E-state index < -0.39 is 14.4 Å². The predicted molar refractivity (Wildman–Crippen MR) is 101 cm³/mol. The highest BCUT2D eigenvalue weighted by molar-refractivity contribution is 6.74. The molecule has 2 atom stereocenters. The third-order valence-electron chi connectivity index (χ3n) is 4.43. The van der Waals surface area contributed by atoms with E-state index in [1.807, 2.05) is 30.4 Å². The van der Waals surface area contributed by atoms with Crippen LogP contribution in [0.3, 0.4) is 0 Å². The summed E-state index contributed by atoms with van der Waals surface area (Å²) in [6.45, 7) is 12.9. The second-order valence-corrected chi connectivity index (χ2v) is 12.4. The zero-order valence-electron chi connectivity index (χ0n) is 15.7. The van der Waals surface area contributed by atoms with Crippen molar-refractivity contribution < 1.29 is 14.0 Å². The average molecular weight is 350 g/mol. The van der Waals surface area contributed by atoms with Crippen molar-refractivity contribution in [3.8, 4) is 0 Å². The molecule has 0 radical (unpaired) electrons. The van der Waals surface area contributed by atoms with Crippen LogP contribution in [-0.2, 0) is 15.6 Å². The molecule has 0 saturated carbocycles. The Kier molecular flexibility index (Phi) is 7.23. The minimum absolute atomic E-state index is 0.0628. The van der Waals surface area contributed by atoms with Gasteiger partial charge in [-0.3, -0.25) is 0 Å². The van der Waals surface area contributed by atoms with Crippen molar-refractivity contribution in [2.24, 2.45) is 5.73 Å². The first-order valence-electron chi connectivity index (χ1n) is 8.37. The molecule has 0 aliphatic heterocycles. The maximum absolute atomic E-state index is 10.8. The lowest BCUT2D eigenvalue weighted by atomic mass is 10.1. The summed E-state index contributed by atoms with van der Waals surface area (Å²) < 4.78 is 11.5. The molecule has 1 amide bonds. The highest BCUT2D eigenvalue weighted by Crippen LogP contribution is 2.37. The highest BCUT2D eigenvalue weighted by atomic mass is 28.4. The second kappa shape index (κ2) is 8.49. The van der Waals surface area contributed by atoms with Crippen LogP contribution in [0.5, 0.6) is 0 Å². The number of ether oxygens (including phenoxy) is 1. The molecule has 24 heavy (non-hydrogen) atoms. The largest absolute Gasteiger partial charge is 0.442 e. The van der Waals surface area contributed by atoms with Gasteiger partial charge in [-0.2, -0.15) is 0 Å². The van der Waals surface area contributed by atoms with Gasteiger partial charge in [-0.25, -0.2) is 4.79 Å². The molecular weight excluding hydrogens is 318 g/mol. The number of benzene rings is 1. The minimum atomic E-state index is -1.91. The third kappa shape index (κ3) is 6.89. The van der Waals surface area contributed by atoms with E-state index in [0.717, 1.165) is 6.42 Å². The zero-order valence-corrected chi connectivity index (χ0v) is 16.7. The first-order valence-corrected chi connectivity index (χ1v) is 11.3. The van der Waals surface area contributed by atoms with Crippen molar-refractivity contribution >= 4 is 14.4 Å². The summed E-state index contributed by atoms with van der Waals surface area (Å²) in [5.74, 6) is 0. The van der Waals surface area contributed by atoms with E-state index in [9.17, 15) is 4.79 Å². The lowest BCUT2D eigenvalue weighted by molar-refractivity contribution is 0.136. The molecular formula is C19H31NO3Si.